The Morgan fingerprint density at radius 2 is 1.75 bits per heavy atom. The number of hydrogen-bond acceptors (Lipinski definition) is 2. The molecule has 0 saturated heterocycles. The molecule has 3 nitrogen and oxygen atoms in total. The van der Waals surface area contributed by atoms with Crippen molar-refractivity contribution in [2.75, 3.05) is 6.61 Å². The van der Waals surface area contributed by atoms with Gasteiger partial charge in [-0.1, -0.05) is 42.5 Å². The molecule has 1 unspecified atom stereocenters. The Hall–Kier alpha value is -1.65. The molecule has 0 saturated carbocycles. The lowest BCUT2D eigenvalue weighted by Gasteiger charge is -2.17. The maximum Gasteiger partial charge on any atom is 0.252 e. The molecule has 0 aromatic heterocycles. The van der Waals surface area contributed by atoms with Crippen LogP contribution >= 0.6 is 15.9 Å². The van der Waals surface area contributed by atoms with E-state index in [0.29, 0.717) is 12.0 Å². The van der Waals surface area contributed by atoms with E-state index in [1.54, 1.807) is 6.07 Å². The zero-order valence-electron chi connectivity index (χ0n) is 10.9. The van der Waals surface area contributed by atoms with Crippen LogP contribution in [0.2, 0.25) is 0 Å². The minimum Gasteiger partial charge on any atom is -0.394 e. The molecule has 2 rings (SSSR count). The summed E-state index contributed by atoms with van der Waals surface area (Å²) in [5.41, 5.74) is 1.65. The number of amides is 1. The van der Waals surface area contributed by atoms with Crippen LogP contribution in [-0.2, 0) is 6.42 Å². The summed E-state index contributed by atoms with van der Waals surface area (Å²) in [6.07, 6.45) is 0.605. The molecule has 0 radical (unpaired) electrons. The van der Waals surface area contributed by atoms with Crippen molar-refractivity contribution in [1.82, 2.24) is 5.32 Å². The van der Waals surface area contributed by atoms with Gasteiger partial charge in [0.25, 0.3) is 5.91 Å². The minimum absolute atomic E-state index is 0.0922. The van der Waals surface area contributed by atoms with Crippen molar-refractivity contribution in [3.63, 3.8) is 0 Å². The largest absolute Gasteiger partial charge is 0.394 e. The van der Waals surface area contributed by atoms with Gasteiger partial charge in [-0.15, -0.1) is 0 Å². The maximum atomic E-state index is 12.2. The smallest absolute Gasteiger partial charge is 0.252 e. The molecule has 0 aliphatic heterocycles. The molecule has 4 heteroatoms. The Morgan fingerprint density at radius 3 is 2.40 bits per heavy atom. The highest BCUT2D eigenvalue weighted by molar-refractivity contribution is 9.10. The summed E-state index contributed by atoms with van der Waals surface area (Å²) >= 11 is 3.35. The quantitative estimate of drug-likeness (QED) is 0.883. The Kier molecular flexibility index (Phi) is 5.32. The third kappa shape index (κ3) is 3.92. The summed E-state index contributed by atoms with van der Waals surface area (Å²) in [6, 6.07) is 16.7. The first-order valence-electron chi connectivity index (χ1n) is 6.41. The predicted molar refractivity (Wildman–Crippen MR) is 82.6 cm³/mol. The lowest BCUT2D eigenvalue weighted by Crippen LogP contribution is -2.39. The van der Waals surface area contributed by atoms with Gasteiger partial charge < -0.3 is 10.4 Å². The average molecular weight is 334 g/mol. The molecule has 1 atom stereocenters. The van der Waals surface area contributed by atoms with Crippen molar-refractivity contribution in [3.05, 3.63) is 70.2 Å². The van der Waals surface area contributed by atoms with E-state index in [2.05, 4.69) is 21.2 Å². The average Bonchev–Trinajstić information content (AvgIpc) is 2.48. The van der Waals surface area contributed by atoms with Crippen molar-refractivity contribution >= 4 is 21.8 Å². The van der Waals surface area contributed by atoms with E-state index in [1.807, 2.05) is 48.5 Å². The van der Waals surface area contributed by atoms with Crippen molar-refractivity contribution in [2.45, 2.75) is 12.5 Å². The molecule has 2 N–H and O–H groups in total. The van der Waals surface area contributed by atoms with E-state index in [1.165, 1.54) is 0 Å². The van der Waals surface area contributed by atoms with Gasteiger partial charge in [0, 0.05) is 4.47 Å². The summed E-state index contributed by atoms with van der Waals surface area (Å²) in [7, 11) is 0. The first kappa shape index (κ1) is 14.8. The van der Waals surface area contributed by atoms with E-state index in [-0.39, 0.29) is 18.6 Å². The lowest BCUT2D eigenvalue weighted by atomic mass is 10.1. The van der Waals surface area contributed by atoms with Crippen LogP contribution in [0, 0.1) is 0 Å². The molecule has 0 heterocycles. The number of rotatable bonds is 5. The van der Waals surface area contributed by atoms with E-state index in [4.69, 9.17) is 0 Å². The third-order valence-electron chi connectivity index (χ3n) is 3.00. The number of carbonyl (C=O) groups is 1. The summed E-state index contributed by atoms with van der Waals surface area (Å²) in [5, 5.41) is 12.3. The highest BCUT2D eigenvalue weighted by atomic mass is 79.9. The fourth-order valence-electron chi connectivity index (χ4n) is 1.97. The van der Waals surface area contributed by atoms with Gasteiger partial charge in [0.15, 0.2) is 0 Å². The number of aliphatic hydroxyl groups excluding tert-OH is 1. The zero-order valence-corrected chi connectivity index (χ0v) is 12.5. The Morgan fingerprint density at radius 1 is 1.10 bits per heavy atom. The number of halogens is 1. The summed E-state index contributed by atoms with van der Waals surface area (Å²) in [5.74, 6) is -0.188. The van der Waals surface area contributed by atoms with Gasteiger partial charge in [-0.2, -0.15) is 0 Å². The Balaban J connectivity index is 2.03. The number of nitrogens with one attached hydrogen (secondary N) is 1. The van der Waals surface area contributed by atoms with Crippen LogP contribution in [0.1, 0.15) is 15.9 Å². The monoisotopic (exact) mass is 333 g/mol. The molecule has 2 aromatic rings. The fraction of sp³-hybridized carbons (Fsp3) is 0.188. The molecule has 104 valence electrons. The van der Waals surface area contributed by atoms with Crippen LogP contribution < -0.4 is 5.32 Å². The van der Waals surface area contributed by atoms with Gasteiger partial charge in [0.05, 0.1) is 18.2 Å². The molecule has 1 amide bonds. The number of carbonyl (C=O) groups excluding carboxylic acids is 1. The fourth-order valence-corrected chi connectivity index (χ4v) is 2.43. The SMILES string of the molecule is O=C(NC(CO)Cc1ccccc1)c1ccccc1Br. The van der Waals surface area contributed by atoms with Gasteiger partial charge in [0.1, 0.15) is 0 Å². The summed E-state index contributed by atoms with van der Waals surface area (Å²) < 4.78 is 0.744. The van der Waals surface area contributed by atoms with Gasteiger partial charge >= 0.3 is 0 Å². The second-order valence-corrected chi connectivity index (χ2v) is 5.38. The van der Waals surface area contributed by atoms with Crippen molar-refractivity contribution in [2.24, 2.45) is 0 Å². The van der Waals surface area contributed by atoms with Crippen molar-refractivity contribution in [1.29, 1.82) is 0 Å². The van der Waals surface area contributed by atoms with Gasteiger partial charge in [-0.05, 0) is 40.0 Å². The summed E-state index contributed by atoms with van der Waals surface area (Å²) in [6.45, 7) is -0.0922. The number of benzene rings is 2. The molecular weight excluding hydrogens is 318 g/mol. The van der Waals surface area contributed by atoms with Gasteiger partial charge in [-0.3, -0.25) is 4.79 Å². The van der Waals surface area contributed by atoms with Crippen LogP contribution in [0.25, 0.3) is 0 Å². The minimum atomic E-state index is -0.294. The maximum absolute atomic E-state index is 12.2. The van der Waals surface area contributed by atoms with Gasteiger partial charge in [-0.25, -0.2) is 0 Å². The molecule has 0 bridgehead atoms. The molecular formula is C16H16BrNO2. The highest BCUT2D eigenvalue weighted by Crippen LogP contribution is 2.16. The standard InChI is InChI=1S/C16H16BrNO2/c17-15-9-5-4-8-14(15)16(20)18-13(11-19)10-12-6-2-1-3-7-12/h1-9,13,19H,10-11H2,(H,18,20). The first-order valence-corrected chi connectivity index (χ1v) is 7.20. The van der Waals surface area contributed by atoms with E-state index in [9.17, 15) is 9.90 Å². The third-order valence-corrected chi connectivity index (χ3v) is 3.69. The lowest BCUT2D eigenvalue weighted by molar-refractivity contribution is 0.0915. The van der Waals surface area contributed by atoms with Crippen LogP contribution in [-0.4, -0.2) is 23.7 Å². The number of hydrogen-bond donors (Lipinski definition) is 2. The topological polar surface area (TPSA) is 49.3 Å². The van der Waals surface area contributed by atoms with Crippen LogP contribution in [0.15, 0.2) is 59.1 Å². The van der Waals surface area contributed by atoms with Crippen molar-refractivity contribution < 1.29 is 9.90 Å². The normalized spacial score (nSPS) is 11.9. The molecule has 0 spiro atoms. The molecule has 20 heavy (non-hydrogen) atoms. The van der Waals surface area contributed by atoms with Crippen molar-refractivity contribution in [3.8, 4) is 0 Å². The highest BCUT2D eigenvalue weighted by Gasteiger charge is 2.15. The zero-order chi connectivity index (χ0) is 14.4. The second kappa shape index (κ2) is 7.22. The molecule has 0 aliphatic carbocycles. The van der Waals surface area contributed by atoms with E-state index >= 15 is 0 Å². The predicted octanol–water partition coefficient (Wildman–Crippen LogP) is 2.78. The first-order chi connectivity index (χ1) is 9.70. The van der Waals surface area contributed by atoms with Gasteiger partial charge in [0.2, 0.25) is 0 Å². The number of aliphatic hydroxyl groups is 1. The van der Waals surface area contributed by atoms with Crippen LogP contribution in [0.5, 0.6) is 0 Å². The second-order valence-electron chi connectivity index (χ2n) is 4.52. The van der Waals surface area contributed by atoms with Crippen LogP contribution in [0.3, 0.4) is 0 Å². The van der Waals surface area contributed by atoms with E-state index < -0.39 is 0 Å². The Labute approximate surface area is 126 Å². The van der Waals surface area contributed by atoms with Crippen LogP contribution in [0.4, 0.5) is 0 Å². The summed E-state index contributed by atoms with van der Waals surface area (Å²) in [4.78, 5) is 12.2. The molecule has 0 aliphatic rings. The Bertz CT molecular complexity index is 572. The molecule has 0 fully saturated rings. The van der Waals surface area contributed by atoms with E-state index in [0.717, 1.165) is 10.0 Å². The molecule has 2 aromatic carbocycles.